The van der Waals surface area contributed by atoms with E-state index >= 15 is 0 Å². The van der Waals surface area contributed by atoms with Crippen LogP contribution in [0.4, 0.5) is 11.6 Å². The summed E-state index contributed by atoms with van der Waals surface area (Å²) in [5.41, 5.74) is -0.0822. The van der Waals surface area contributed by atoms with Crippen LogP contribution in [0.2, 0.25) is 0 Å². The molecule has 2 fully saturated rings. The van der Waals surface area contributed by atoms with E-state index in [9.17, 15) is 4.79 Å². The van der Waals surface area contributed by atoms with Crippen molar-refractivity contribution in [1.29, 1.82) is 0 Å². The molecule has 4 rings (SSSR count). The molecule has 1 aliphatic heterocycles. The lowest BCUT2D eigenvalue weighted by atomic mass is 10.0. The third-order valence-electron chi connectivity index (χ3n) is 5.17. The first-order valence-electron chi connectivity index (χ1n) is 9.09. The standard InChI is InChI=1S/C18H24N6O2/c1-22-18(25)6-5-15(21-22)23-9-7-14(8-10-23)24(13-3-4-13)16-11-17(26-2)20-12-19-16/h5-6,11-14H,3-4,7-10H2,1-2H3. The van der Waals surface area contributed by atoms with Crippen molar-refractivity contribution in [3.05, 3.63) is 34.9 Å². The van der Waals surface area contributed by atoms with Gasteiger partial charge in [-0.3, -0.25) is 4.79 Å². The normalized spacial score (nSPS) is 18.0. The fraction of sp³-hybridized carbons (Fsp3) is 0.556. The van der Waals surface area contributed by atoms with Crippen LogP contribution in [-0.2, 0) is 7.05 Å². The maximum atomic E-state index is 11.5. The van der Waals surface area contributed by atoms with Crippen LogP contribution in [0.1, 0.15) is 25.7 Å². The van der Waals surface area contributed by atoms with E-state index in [1.54, 1.807) is 26.6 Å². The van der Waals surface area contributed by atoms with Crippen LogP contribution in [0.25, 0.3) is 0 Å². The molecule has 1 aliphatic carbocycles. The van der Waals surface area contributed by atoms with Crippen molar-refractivity contribution in [3.63, 3.8) is 0 Å². The molecule has 0 bridgehead atoms. The van der Waals surface area contributed by atoms with Crippen molar-refractivity contribution in [3.8, 4) is 5.88 Å². The van der Waals surface area contributed by atoms with Gasteiger partial charge in [-0.1, -0.05) is 0 Å². The van der Waals surface area contributed by atoms with E-state index < -0.39 is 0 Å². The summed E-state index contributed by atoms with van der Waals surface area (Å²) in [6, 6.07) is 6.35. The first-order valence-corrected chi connectivity index (χ1v) is 9.09. The molecule has 0 atom stereocenters. The number of anilines is 2. The SMILES string of the molecule is COc1cc(N(C2CC2)C2CCN(c3ccc(=O)n(C)n3)CC2)ncn1. The Morgan fingerprint density at radius 2 is 1.85 bits per heavy atom. The van der Waals surface area contributed by atoms with E-state index in [0.29, 0.717) is 18.0 Å². The van der Waals surface area contributed by atoms with Gasteiger partial charge in [0.1, 0.15) is 18.0 Å². The Labute approximate surface area is 152 Å². The molecular formula is C18H24N6O2. The molecule has 0 radical (unpaired) electrons. The molecule has 1 saturated carbocycles. The topological polar surface area (TPSA) is 76.4 Å². The molecule has 8 heteroatoms. The molecule has 0 unspecified atom stereocenters. The van der Waals surface area contributed by atoms with E-state index in [1.807, 2.05) is 12.1 Å². The number of piperidine rings is 1. The van der Waals surface area contributed by atoms with E-state index in [1.165, 1.54) is 17.5 Å². The molecule has 0 N–H and O–H groups in total. The summed E-state index contributed by atoms with van der Waals surface area (Å²) in [5, 5.41) is 4.37. The van der Waals surface area contributed by atoms with Gasteiger partial charge < -0.3 is 14.5 Å². The van der Waals surface area contributed by atoms with Crippen LogP contribution in [0, 0.1) is 0 Å². The molecular weight excluding hydrogens is 332 g/mol. The highest BCUT2D eigenvalue weighted by molar-refractivity contribution is 5.46. The largest absolute Gasteiger partial charge is 0.481 e. The highest BCUT2D eigenvalue weighted by atomic mass is 16.5. The second-order valence-electron chi connectivity index (χ2n) is 6.93. The number of aromatic nitrogens is 4. The van der Waals surface area contributed by atoms with Crippen molar-refractivity contribution in [1.82, 2.24) is 19.7 Å². The Bertz CT molecular complexity index is 826. The van der Waals surface area contributed by atoms with Gasteiger partial charge in [0, 0.05) is 44.4 Å². The summed E-state index contributed by atoms with van der Waals surface area (Å²) in [6.45, 7) is 1.84. The van der Waals surface area contributed by atoms with Gasteiger partial charge >= 0.3 is 0 Å². The fourth-order valence-electron chi connectivity index (χ4n) is 3.64. The summed E-state index contributed by atoms with van der Waals surface area (Å²) in [7, 11) is 3.32. The molecule has 8 nitrogen and oxygen atoms in total. The van der Waals surface area contributed by atoms with Gasteiger partial charge in [0.2, 0.25) is 5.88 Å². The predicted octanol–water partition coefficient (Wildman–Crippen LogP) is 1.22. The average molecular weight is 356 g/mol. The second kappa shape index (κ2) is 6.93. The zero-order chi connectivity index (χ0) is 18.1. The smallest absolute Gasteiger partial charge is 0.266 e. The quantitative estimate of drug-likeness (QED) is 0.797. The highest BCUT2D eigenvalue weighted by Crippen LogP contribution is 2.36. The summed E-state index contributed by atoms with van der Waals surface area (Å²) < 4.78 is 6.66. The van der Waals surface area contributed by atoms with Crippen LogP contribution in [0.15, 0.2) is 29.3 Å². The number of hydrogen-bond acceptors (Lipinski definition) is 7. The Morgan fingerprint density at radius 3 is 2.50 bits per heavy atom. The fourth-order valence-corrected chi connectivity index (χ4v) is 3.64. The number of aryl methyl sites for hydroxylation is 1. The van der Waals surface area contributed by atoms with Gasteiger partial charge in [-0.15, -0.1) is 0 Å². The van der Waals surface area contributed by atoms with Crippen molar-refractivity contribution in [2.24, 2.45) is 7.05 Å². The third-order valence-corrected chi connectivity index (χ3v) is 5.17. The predicted molar refractivity (Wildman–Crippen MR) is 98.8 cm³/mol. The van der Waals surface area contributed by atoms with E-state index in [2.05, 4.69) is 24.9 Å². The third kappa shape index (κ3) is 3.36. The van der Waals surface area contributed by atoms with Crippen molar-refractivity contribution < 1.29 is 4.74 Å². The average Bonchev–Trinajstić information content (AvgIpc) is 3.50. The van der Waals surface area contributed by atoms with E-state index in [4.69, 9.17) is 4.74 Å². The molecule has 0 spiro atoms. The van der Waals surface area contributed by atoms with Crippen molar-refractivity contribution in [2.45, 2.75) is 37.8 Å². The van der Waals surface area contributed by atoms with Crippen LogP contribution < -0.4 is 20.1 Å². The maximum absolute atomic E-state index is 11.5. The molecule has 2 aromatic heterocycles. The summed E-state index contributed by atoms with van der Waals surface area (Å²) in [6.07, 6.45) is 6.08. The van der Waals surface area contributed by atoms with Gasteiger partial charge in [0.05, 0.1) is 7.11 Å². The molecule has 2 aliphatic rings. The van der Waals surface area contributed by atoms with Crippen LogP contribution in [0.5, 0.6) is 5.88 Å². The minimum absolute atomic E-state index is 0.0822. The lowest BCUT2D eigenvalue weighted by molar-refractivity contribution is 0.395. The molecule has 1 saturated heterocycles. The Morgan fingerprint density at radius 1 is 1.12 bits per heavy atom. The second-order valence-corrected chi connectivity index (χ2v) is 6.93. The van der Waals surface area contributed by atoms with Gasteiger partial charge in [0.25, 0.3) is 5.56 Å². The van der Waals surface area contributed by atoms with Crippen molar-refractivity contribution >= 4 is 11.6 Å². The maximum Gasteiger partial charge on any atom is 0.266 e. The van der Waals surface area contributed by atoms with Gasteiger partial charge in [-0.05, 0) is 31.7 Å². The molecule has 2 aromatic rings. The first kappa shape index (κ1) is 16.8. The number of hydrogen-bond donors (Lipinski definition) is 0. The zero-order valence-electron chi connectivity index (χ0n) is 15.2. The van der Waals surface area contributed by atoms with Crippen molar-refractivity contribution in [2.75, 3.05) is 30.0 Å². The monoisotopic (exact) mass is 356 g/mol. The van der Waals surface area contributed by atoms with Crippen LogP contribution in [0.3, 0.4) is 0 Å². The van der Waals surface area contributed by atoms with Gasteiger partial charge in [-0.2, -0.15) is 5.10 Å². The number of methoxy groups -OCH3 is 1. The van der Waals surface area contributed by atoms with E-state index in [0.717, 1.165) is 37.6 Å². The summed E-state index contributed by atoms with van der Waals surface area (Å²) in [4.78, 5) is 24.9. The zero-order valence-corrected chi connectivity index (χ0v) is 15.2. The number of nitrogens with zero attached hydrogens (tertiary/aromatic N) is 6. The Balaban J connectivity index is 1.48. The summed E-state index contributed by atoms with van der Waals surface area (Å²) in [5.74, 6) is 2.43. The Hall–Kier alpha value is -2.64. The molecule has 3 heterocycles. The minimum atomic E-state index is -0.0822. The van der Waals surface area contributed by atoms with Crippen LogP contribution in [-0.4, -0.2) is 52.0 Å². The Kier molecular flexibility index (Phi) is 4.48. The molecule has 138 valence electrons. The van der Waals surface area contributed by atoms with E-state index in [-0.39, 0.29) is 5.56 Å². The van der Waals surface area contributed by atoms with Gasteiger partial charge in [-0.25, -0.2) is 14.6 Å². The minimum Gasteiger partial charge on any atom is -0.481 e. The first-order chi connectivity index (χ1) is 12.7. The highest BCUT2D eigenvalue weighted by Gasteiger charge is 2.36. The number of ether oxygens (including phenoxy) is 1. The molecule has 0 amide bonds. The molecule has 0 aromatic carbocycles. The summed E-state index contributed by atoms with van der Waals surface area (Å²) >= 11 is 0. The number of rotatable bonds is 5. The lowest BCUT2D eigenvalue weighted by Gasteiger charge is -2.39. The van der Waals surface area contributed by atoms with Gasteiger partial charge in [0.15, 0.2) is 0 Å². The molecule has 26 heavy (non-hydrogen) atoms. The van der Waals surface area contributed by atoms with Crippen LogP contribution >= 0.6 is 0 Å². The lowest BCUT2D eigenvalue weighted by Crippen LogP contribution is -2.47.